The van der Waals surface area contributed by atoms with Crippen molar-refractivity contribution in [1.82, 2.24) is 0 Å². The molecule has 0 bridgehead atoms. The third kappa shape index (κ3) is 3.29. The highest BCUT2D eigenvalue weighted by atomic mass is 16.3. The van der Waals surface area contributed by atoms with Crippen molar-refractivity contribution in [3.8, 4) is 5.75 Å². The fourth-order valence-corrected chi connectivity index (χ4v) is 4.10. The van der Waals surface area contributed by atoms with Gasteiger partial charge in [-0.2, -0.15) is 0 Å². The Balaban J connectivity index is 1.91. The van der Waals surface area contributed by atoms with E-state index in [1.165, 1.54) is 36.0 Å². The van der Waals surface area contributed by atoms with E-state index >= 15 is 0 Å². The van der Waals surface area contributed by atoms with Gasteiger partial charge in [0.05, 0.1) is 0 Å². The molecule has 0 radical (unpaired) electrons. The first-order valence-electron chi connectivity index (χ1n) is 8.78. The summed E-state index contributed by atoms with van der Waals surface area (Å²) in [7, 11) is 0. The van der Waals surface area contributed by atoms with Crippen molar-refractivity contribution in [3.63, 3.8) is 0 Å². The quantitative estimate of drug-likeness (QED) is 0.775. The minimum atomic E-state index is 0.300. The maximum atomic E-state index is 9.44. The minimum Gasteiger partial charge on any atom is -0.508 e. The highest BCUT2D eigenvalue weighted by molar-refractivity contribution is 5.45. The summed E-state index contributed by atoms with van der Waals surface area (Å²) in [6.07, 6.45) is 4.84. The number of aromatic hydroxyl groups is 1. The van der Waals surface area contributed by atoms with E-state index in [0.29, 0.717) is 17.1 Å². The number of rotatable bonds is 3. The van der Waals surface area contributed by atoms with E-state index < -0.39 is 0 Å². The summed E-state index contributed by atoms with van der Waals surface area (Å²) in [4.78, 5) is 0. The van der Waals surface area contributed by atoms with E-state index in [4.69, 9.17) is 0 Å². The minimum absolute atomic E-state index is 0.300. The van der Waals surface area contributed by atoms with Gasteiger partial charge in [0.15, 0.2) is 0 Å². The number of phenols is 1. The summed E-state index contributed by atoms with van der Waals surface area (Å²) in [6.45, 7) is 9.34. The average Bonchev–Trinajstić information content (AvgIpc) is 2.48. The van der Waals surface area contributed by atoms with Gasteiger partial charge < -0.3 is 5.11 Å². The van der Waals surface area contributed by atoms with Crippen molar-refractivity contribution in [2.24, 2.45) is 0 Å². The van der Waals surface area contributed by atoms with Crippen molar-refractivity contribution in [3.05, 3.63) is 64.2 Å². The molecule has 0 aromatic heterocycles. The fourth-order valence-electron chi connectivity index (χ4n) is 4.10. The molecule has 1 nitrogen and oxygen atoms in total. The number of phenolic OH excluding ortho intramolecular Hbond substituents is 1. The van der Waals surface area contributed by atoms with Crippen molar-refractivity contribution in [2.45, 2.75) is 64.7 Å². The zero-order valence-corrected chi connectivity index (χ0v) is 14.8. The number of benzene rings is 2. The second-order valence-electron chi connectivity index (χ2n) is 7.87. The lowest BCUT2D eigenvalue weighted by atomic mass is 9.71. The molecular formula is C22H28O. The van der Waals surface area contributed by atoms with Gasteiger partial charge >= 0.3 is 0 Å². The molecule has 0 heterocycles. The van der Waals surface area contributed by atoms with Crippen LogP contribution in [-0.4, -0.2) is 5.11 Å². The summed E-state index contributed by atoms with van der Waals surface area (Å²) in [5.41, 5.74) is 7.60. The van der Waals surface area contributed by atoms with Crippen LogP contribution in [0.15, 0.2) is 36.4 Å². The zero-order valence-electron chi connectivity index (χ0n) is 14.8. The molecule has 0 saturated carbocycles. The van der Waals surface area contributed by atoms with Gasteiger partial charge in [-0.3, -0.25) is 0 Å². The van der Waals surface area contributed by atoms with Crippen LogP contribution in [0.4, 0.5) is 0 Å². The van der Waals surface area contributed by atoms with E-state index in [1.807, 2.05) is 12.1 Å². The molecule has 1 atom stereocenters. The van der Waals surface area contributed by atoms with Gasteiger partial charge in [-0.05, 0) is 83.9 Å². The standard InChI is InChI=1S/C22H28O/c1-15(12-17-7-9-19(23)10-8-17)20-14-21-18(13-16(20)2)6-5-11-22(21,3)4/h7-10,13-15,23H,5-6,11-12H2,1-4H3. The van der Waals surface area contributed by atoms with Crippen LogP contribution < -0.4 is 0 Å². The molecule has 122 valence electrons. The Hall–Kier alpha value is -1.76. The van der Waals surface area contributed by atoms with E-state index in [9.17, 15) is 5.11 Å². The first-order chi connectivity index (χ1) is 10.9. The summed E-state index contributed by atoms with van der Waals surface area (Å²) in [5.74, 6) is 0.829. The molecule has 0 aliphatic heterocycles. The second-order valence-corrected chi connectivity index (χ2v) is 7.87. The first-order valence-corrected chi connectivity index (χ1v) is 8.78. The Labute approximate surface area is 140 Å². The second kappa shape index (κ2) is 6.03. The molecule has 1 unspecified atom stereocenters. The Morgan fingerprint density at radius 2 is 1.83 bits per heavy atom. The highest BCUT2D eigenvalue weighted by Crippen LogP contribution is 2.39. The van der Waals surface area contributed by atoms with Gasteiger partial charge in [-0.1, -0.05) is 45.0 Å². The van der Waals surface area contributed by atoms with Gasteiger partial charge in [0, 0.05) is 0 Å². The lowest BCUT2D eigenvalue weighted by molar-refractivity contribution is 0.431. The van der Waals surface area contributed by atoms with Crippen LogP contribution in [0.25, 0.3) is 0 Å². The number of fused-ring (bicyclic) bond motifs is 1. The Kier molecular flexibility index (Phi) is 4.23. The average molecular weight is 308 g/mol. The molecule has 0 spiro atoms. The van der Waals surface area contributed by atoms with Crippen LogP contribution in [0.5, 0.6) is 5.75 Å². The molecule has 1 aliphatic carbocycles. The molecule has 3 rings (SSSR count). The SMILES string of the molecule is Cc1cc2c(cc1C(C)Cc1ccc(O)cc1)C(C)(C)CCC2. The van der Waals surface area contributed by atoms with Gasteiger partial charge in [-0.15, -0.1) is 0 Å². The van der Waals surface area contributed by atoms with E-state index in [1.54, 1.807) is 23.3 Å². The summed E-state index contributed by atoms with van der Waals surface area (Å²) < 4.78 is 0. The van der Waals surface area contributed by atoms with E-state index in [-0.39, 0.29) is 0 Å². The van der Waals surface area contributed by atoms with E-state index in [0.717, 1.165) is 6.42 Å². The number of aryl methyl sites for hydroxylation is 2. The van der Waals surface area contributed by atoms with Crippen LogP contribution >= 0.6 is 0 Å². The Morgan fingerprint density at radius 1 is 1.13 bits per heavy atom. The summed E-state index contributed by atoms with van der Waals surface area (Å²) in [5, 5.41) is 9.44. The van der Waals surface area contributed by atoms with Crippen LogP contribution in [0.3, 0.4) is 0 Å². The number of hydrogen-bond acceptors (Lipinski definition) is 1. The lowest BCUT2D eigenvalue weighted by Gasteiger charge is -2.34. The predicted molar refractivity (Wildman–Crippen MR) is 97.4 cm³/mol. The van der Waals surface area contributed by atoms with E-state index in [2.05, 4.69) is 39.8 Å². The molecule has 23 heavy (non-hydrogen) atoms. The smallest absolute Gasteiger partial charge is 0.115 e. The van der Waals surface area contributed by atoms with Gasteiger partial charge in [-0.25, -0.2) is 0 Å². The van der Waals surface area contributed by atoms with Gasteiger partial charge in [0.2, 0.25) is 0 Å². The van der Waals surface area contributed by atoms with Gasteiger partial charge in [0.25, 0.3) is 0 Å². The molecule has 2 aromatic rings. The summed E-state index contributed by atoms with van der Waals surface area (Å²) >= 11 is 0. The van der Waals surface area contributed by atoms with Crippen molar-refractivity contribution in [1.29, 1.82) is 0 Å². The van der Waals surface area contributed by atoms with Crippen LogP contribution in [0.1, 0.15) is 67.3 Å². The normalized spacial score (nSPS) is 17.6. The lowest BCUT2D eigenvalue weighted by Crippen LogP contribution is -2.24. The molecular weight excluding hydrogens is 280 g/mol. The van der Waals surface area contributed by atoms with Crippen LogP contribution in [-0.2, 0) is 18.3 Å². The molecule has 0 amide bonds. The van der Waals surface area contributed by atoms with Crippen LogP contribution in [0, 0.1) is 6.92 Å². The largest absolute Gasteiger partial charge is 0.508 e. The molecule has 1 heteroatoms. The molecule has 0 fully saturated rings. The fraction of sp³-hybridized carbons (Fsp3) is 0.455. The third-order valence-corrected chi connectivity index (χ3v) is 5.48. The third-order valence-electron chi connectivity index (χ3n) is 5.48. The zero-order chi connectivity index (χ0) is 16.6. The van der Waals surface area contributed by atoms with Crippen molar-refractivity contribution >= 4 is 0 Å². The van der Waals surface area contributed by atoms with Crippen LogP contribution in [0.2, 0.25) is 0 Å². The maximum absolute atomic E-state index is 9.44. The Morgan fingerprint density at radius 3 is 2.52 bits per heavy atom. The predicted octanol–water partition coefficient (Wildman–Crippen LogP) is 5.66. The molecule has 1 N–H and O–H groups in total. The number of hydrogen-bond donors (Lipinski definition) is 1. The highest BCUT2D eigenvalue weighted by Gasteiger charge is 2.28. The summed E-state index contributed by atoms with van der Waals surface area (Å²) in [6, 6.07) is 12.5. The molecule has 0 saturated heterocycles. The maximum Gasteiger partial charge on any atom is 0.115 e. The monoisotopic (exact) mass is 308 g/mol. The molecule has 1 aliphatic rings. The van der Waals surface area contributed by atoms with Gasteiger partial charge in [0.1, 0.15) is 5.75 Å². The van der Waals surface area contributed by atoms with Crippen molar-refractivity contribution < 1.29 is 5.11 Å². The first kappa shape index (κ1) is 16.1. The molecule has 2 aromatic carbocycles. The van der Waals surface area contributed by atoms with Crippen molar-refractivity contribution in [2.75, 3.05) is 0 Å². The Bertz CT molecular complexity index is 695. The topological polar surface area (TPSA) is 20.2 Å².